The van der Waals surface area contributed by atoms with Gasteiger partial charge in [-0.25, -0.2) is 13.1 Å². The molecule has 0 spiro atoms. The van der Waals surface area contributed by atoms with Crippen LogP contribution >= 0.6 is 35.6 Å². The van der Waals surface area contributed by atoms with Gasteiger partial charge in [0.15, 0.2) is 5.96 Å². The first kappa shape index (κ1) is 23.5. The van der Waals surface area contributed by atoms with Crippen molar-refractivity contribution < 1.29 is 13.2 Å². The van der Waals surface area contributed by atoms with Crippen molar-refractivity contribution in [1.29, 1.82) is 0 Å². The first-order valence-electron chi connectivity index (χ1n) is 7.78. The zero-order valence-electron chi connectivity index (χ0n) is 14.9. The third-order valence-corrected chi connectivity index (χ3v) is 5.21. The van der Waals surface area contributed by atoms with E-state index in [0.717, 1.165) is 5.56 Å². The number of nitrogens with two attached hydrogens (primary N) is 1. The maximum absolute atomic E-state index is 12.1. The second kappa shape index (κ2) is 10.7. The number of guanidine groups is 1. The Morgan fingerprint density at radius 2 is 1.89 bits per heavy atom. The normalized spacial score (nSPS) is 11.6. The summed E-state index contributed by atoms with van der Waals surface area (Å²) >= 11 is 6.04. The Morgan fingerprint density at radius 1 is 1.22 bits per heavy atom. The molecule has 0 atom stereocenters. The number of sulfonamides is 1. The van der Waals surface area contributed by atoms with E-state index in [-0.39, 0.29) is 47.9 Å². The number of aliphatic imine (C=N–C) groups is 1. The number of rotatable bonds is 7. The molecular formula is C17H22ClIN4O3S. The Hall–Kier alpha value is -1.56. The molecule has 0 aromatic heterocycles. The Labute approximate surface area is 181 Å². The number of halogens is 2. The first-order chi connectivity index (χ1) is 12.3. The Balaban J connectivity index is 0.00000364. The molecular weight excluding hydrogens is 503 g/mol. The van der Waals surface area contributed by atoms with Gasteiger partial charge in [-0.15, -0.1) is 24.0 Å². The minimum absolute atomic E-state index is 0. The molecule has 0 aliphatic carbocycles. The van der Waals surface area contributed by atoms with E-state index in [9.17, 15) is 8.42 Å². The average molecular weight is 525 g/mol. The van der Waals surface area contributed by atoms with Gasteiger partial charge in [0, 0.05) is 12.2 Å². The van der Waals surface area contributed by atoms with Crippen LogP contribution in [-0.2, 0) is 10.0 Å². The zero-order chi connectivity index (χ0) is 19.2. The summed E-state index contributed by atoms with van der Waals surface area (Å²) in [7, 11) is -2.03. The molecule has 0 saturated heterocycles. The van der Waals surface area contributed by atoms with Gasteiger partial charge < -0.3 is 15.8 Å². The van der Waals surface area contributed by atoms with E-state index < -0.39 is 10.0 Å². The highest BCUT2D eigenvalue weighted by Gasteiger charge is 2.12. The topological polar surface area (TPSA) is 106 Å². The number of methoxy groups -OCH3 is 1. The number of nitrogens with zero attached hydrogens (tertiary/aromatic N) is 1. The number of ether oxygens (including phenoxy) is 1. The molecule has 2 rings (SSSR count). The van der Waals surface area contributed by atoms with Crippen LogP contribution in [0.15, 0.2) is 52.4 Å². The molecule has 4 N–H and O–H groups in total. The van der Waals surface area contributed by atoms with Gasteiger partial charge in [-0.3, -0.25) is 4.99 Å². The highest BCUT2D eigenvalue weighted by molar-refractivity contribution is 14.0. The monoisotopic (exact) mass is 524 g/mol. The molecule has 0 aliphatic rings. The van der Waals surface area contributed by atoms with Crippen LogP contribution in [0, 0.1) is 6.92 Å². The summed E-state index contributed by atoms with van der Waals surface area (Å²) < 4.78 is 31.8. The Bertz CT molecular complexity index is 890. The zero-order valence-corrected chi connectivity index (χ0v) is 18.8. The smallest absolute Gasteiger partial charge is 0.240 e. The molecule has 2 aromatic rings. The summed E-state index contributed by atoms with van der Waals surface area (Å²) in [5, 5.41) is 3.32. The van der Waals surface area contributed by atoms with Crippen LogP contribution in [0.5, 0.6) is 5.75 Å². The molecule has 0 radical (unpaired) electrons. The number of benzene rings is 2. The fourth-order valence-electron chi connectivity index (χ4n) is 2.09. The van der Waals surface area contributed by atoms with E-state index in [1.807, 2.05) is 6.92 Å². The van der Waals surface area contributed by atoms with Crippen LogP contribution in [0.25, 0.3) is 0 Å². The highest BCUT2D eigenvalue weighted by Crippen LogP contribution is 2.26. The maximum atomic E-state index is 12.1. The van der Waals surface area contributed by atoms with Crippen molar-refractivity contribution in [2.75, 3.05) is 25.5 Å². The van der Waals surface area contributed by atoms with Crippen molar-refractivity contribution >= 4 is 57.2 Å². The van der Waals surface area contributed by atoms with Gasteiger partial charge in [0.25, 0.3) is 0 Å². The van der Waals surface area contributed by atoms with Crippen molar-refractivity contribution in [3.05, 3.63) is 53.1 Å². The lowest BCUT2D eigenvalue weighted by Gasteiger charge is -2.09. The lowest BCUT2D eigenvalue weighted by atomic mass is 10.2. The quantitative estimate of drug-likeness (QED) is 0.223. The van der Waals surface area contributed by atoms with Gasteiger partial charge in [0.1, 0.15) is 5.75 Å². The third kappa shape index (κ3) is 7.17. The number of hydrogen-bond donors (Lipinski definition) is 3. The van der Waals surface area contributed by atoms with Crippen LogP contribution in [0.3, 0.4) is 0 Å². The van der Waals surface area contributed by atoms with Gasteiger partial charge in [-0.1, -0.05) is 29.3 Å². The van der Waals surface area contributed by atoms with Crippen molar-refractivity contribution in [1.82, 2.24) is 4.72 Å². The van der Waals surface area contributed by atoms with Crippen LogP contribution in [0.4, 0.5) is 5.69 Å². The average Bonchev–Trinajstić information content (AvgIpc) is 2.59. The summed E-state index contributed by atoms with van der Waals surface area (Å²) in [6, 6.07) is 11.7. The lowest BCUT2D eigenvalue weighted by molar-refractivity contribution is 0.415. The van der Waals surface area contributed by atoms with Crippen LogP contribution < -0.4 is 20.5 Å². The third-order valence-electron chi connectivity index (χ3n) is 3.44. The van der Waals surface area contributed by atoms with Crippen molar-refractivity contribution in [3.8, 4) is 5.75 Å². The first-order valence-corrected chi connectivity index (χ1v) is 9.65. The number of nitrogens with one attached hydrogen (secondary N) is 2. The van der Waals surface area contributed by atoms with Gasteiger partial charge in [0.2, 0.25) is 10.0 Å². The molecule has 10 heteroatoms. The summed E-state index contributed by atoms with van der Waals surface area (Å²) in [5.41, 5.74) is 7.43. The van der Waals surface area contributed by atoms with Crippen LogP contribution in [-0.4, -0.2) is 34.6 Å². The van der Waals surface area contributed by atoms with Crippen molar-refractivity contribution in [3.63, 3.8) is 0 Å². The predicted octanol–water partition coefficient (Wildman–Crippen LogP) is 2.98. The predicted molar refractivity (Wildman–Crippen MR) is 120 cm³/mol. The standard InChI is InChI=1S/C17H21ClN4O3S.HI/c1-12-3-6-14(7-4-12)26(23,24)21-10-9-20-17(19)22-13-5-8-16(25-2)15(18)11-13;/h3-8,11,21H,9-10H2,1-2H3,(H3,19,20,22);1H. The molecule has 0 saturated carbocycles. The van der Waals surface area contributed by atoms with E-state index in [1.54, 1.807) is 42.5 Å². The van der Waals surface area contributed by atoms with Gasteiger partial charge in [-0.05, 0) is 37.3 Å². The molecule has 0 bridgehead atoms. The summed E-state index contributed by atoms with van der Waals surface area (Å²) in [6.45, 7) is 2.21. The number of aryl methyl sites for hydroxylation is 1. The molecule has 7 nitrogen and oxygen atoms in total. The van der Waals surface area contributed by atoms with E-state index in [1.165, 1.54) is 7.11 Å². The molecule has 0 heterocycles. The minimum Gasteiger partial charge on any atom is -0.495 e. The van der Waals surface area contributed by atoms with Crippen molar-refractivity contribution in [2.45, 2.75) is 11.8 Å². The molecule has 0 fully saturated rings. The van der Waals surface area contributed by atoms with E-state index in [0.29, 0.717) is 16.5 Å². The second-order valence-corrected chi connectivity index (χ2v) is 7.63. The lowest BCUT2D eigenvalue weighted by Crippen LogP contribution is -2.28. The second-order valence-electron chi connectivity index (χ2n) is 5.45. The fraction of sp³-hybridized carbons (Fsp3) is 0.235. The highest BCUT2D eigenvalue weighted by atomic mass is 127. The van der Waals surface area contributed by atoms with E-state index in [4.69, 9.17) is 22.1 Å². The minimum atomic E-state index is -3.56. The molecule has 148 valence electrons. The number of hydrogen-bond acceptors (Lipinski definition) is 4. The largest absolute Gasteiger partial charge is 0.495 e. The Morgan fingerprint density at radius 3 is 2.48 bits per heavy atom. The van der Waals surface area contributed by atoms with Crippen molar-refractivity contribution in [2.24, 2.45) is 10.7 Å². The molecule has 2 aromatic carbocycles. The molecule has 0 aliphatic heterocycles. The van der Waals surface area contributed by atoms with Gasteiger partial charge >= 0.3 is 0 Å². The number of anilines is 1. The molecule has 27 heavy (non-hydrogen) atoms. The van der Waals surface area contributed by atoms with E-state index >= 15 is 0 Å². The van der Waals surface area contributed by atoms with Crippen LogP contribution in [0.1, 0.15) is 5.56 Å². The summed E-state index contributed by atoms with van der Waals surface area (Å²) in [6.07, 6.45) is 0. The Kier molecular flexibility index (Phi) is 9.30. The summed E-state index contributed by atoms with van der Waals surface area (Å²) in [5.74, 6) is 0.707. The summed E-state index contributed by atoms with van der Waals surface area (Å²) in [4.78, 5) is 4.30. The molecule has 0 amide bonds. The SMILES string of the molecule is COc1ccc(NC(N)=NCCNS(=O)(=O)c2ccc(C)cc2)cc1Cl.I. The fourth-order valence-corrected chi connectivity index (χ4v) is 3.37. The molecule has 0 unspecified atom stereocenters. The van der Waals surface area contributed by atoms with Crippen LogP contribution in [0.2, 0.25) is 5.02 Å². The van der Waals surface area contributed by atoms with Gasteiger partial charge in [0.05, 0.1) is 23.6 Å². The van der Waals surface area contributed by atoms with Gasteiger partial charge in [-0.2, -0.15) is 0 Å². The van der Waals surface area contributed by atoms with E-state index in [2.05, 4.69) is 15.0 Å². The maximum Gasteiger partial charge on any atom is 0.240 e.